The number of hydrogen-bond donors (Lipinski definition) is 1. The average Bonchev–Trinajstić information content (AvgIpc) is 2.37. The van der Waals surface area contributed by atoms with Crippen molar-refractivity contribution in [3.8, 4) is 0 Å². The van der Waals surface area contributed by atoms with Crippen LogP contribution >= 0.6 is 11.6 Å². The van der Waals surface area contributed by atoms with E-state index in [1.54, 1.807) is 0 Å². The molecule has 0 radical (unpaired) electrons. The topological polar surface area (TPSA) is 26.0 Å². The quantitative estimate of drug-likeness (QED) is 0.875. The van der Waals surface area contributed by atoms with Crippen LogP contribution in [-0.2, 0) is 6.42 Å². The lowest BCUT2D eigenvalue weighted by molar-refractivity contribution is 0.720. The smallest absolute Gasteiger partial charge is 0.0435 e. The van der Waals surface area contributed by atoms with E-state index in [2.05, 4.69) is 38.1 Å². The van der Waals surface area contributed by atoms with Crippen LogP contribution in [0.15, 0.2) is 36.4 Å². The first kappa shape index (κ1) is 14.1. The lowest BCUT2D eigenvalue weighted by Gasteiger charge is -2.14. The minimum absolute atomic E-state index is 0.0121. The molecular weight excluding hydrogens is 254 g/mol. The molecular formula is C17H20ClN. The van der Waals surface area contributed by atoms with Gasteiger partial charge in [-0.1, -0.05) is 41.9 Å². The second-order valence-electron chi connectivity index (χ2n) is 5.24. The summed E-state index contributed by atoms with van der Waals surface area (Å²) in [5.74, 6) is 0. The van der Waals surface area contributed by atoms with Crippen molar-refractivity contribution in [3.05, 3.63) is 69.2 Å². The maximum Gasteiger partial charge on any atom is 0.0435 e. The van der Waals surface area contributed by atoms with Crippen molar-refractivity contribution in [1.82, 2.24) is 0 Å². The molecule has 2 aromatic carbocycles. The summed E-state index contributed by atoms with van der Waals surface area (Å²) < 4.78 is 0. The zero-order valence-electron chi connectivity index (χ0n) is 11.7. The number of hydrogen-bond acceptors (Lipinski definition) is 1. The first-order valence-corrected chi connectivity index (χ1v) is 6.93. The molecule has 100 valence electrons. The van der Waals surface area contributed by atoms with Gasteiger partial charge in [-0.15, -0.1) is 0 Å². The molecule has 0 aliphatic heterocycles. The van der Waals surface area contributed by atoms with Gasteiger partial charge in [0, 0.05) is 11.1 Å². The highest BCUT2D eigenvalue weighted by Crippen LogP contribution is 2.22. The van der Waals surface area contributed by atoms with E-state index in [1.165, 1.54) is 16.7 Å². The first-order chi connectivity index (χ1) is 8.97. The molecule has 0 saturated carbocycles. The average molecular weight is 274 g/mol. The Kier molecular flexibility index (Phi) is 4.28. The largest absolute Gasteiger partial charge is 0.324 e. The predicted molar refractivity (Wildman–Crippen MR) is 82.7 cm³/mol. The van der Waals surface area contributed by atoms with Gasteiger partial charge in [0.05, 0.1) is 0 Å². The van der Waals surface area contributed by atoms with Gasteiger partial charge in [-0.25, -0.2) is 0 Å². The molecule has 2 heteroatoms. The molecule has 0 saturated heterocycles. The Morgan fingerprint density at radius 3 is 2.32 bits per heavy atom. The number of nitrogens with two attached hydrogens (primary N) is 1. The van der Waals surface area contributed by atoms with E-state index < -0.39 is 0 Å². The van der Waals surface area contributed by atoms with Gasteiger partial charge in [-0.2, -0.15) is 0 Å². The van der Waals surface area contributed by atoms with Crippen LogP contribution in [0, 0.1) is 20.8 Å². The van der Waals surface area contributed by atoms with E-state index in [9.17, 15) is 0 Å². The molecule has 0 aliphatic rings. The fourth-order valence-electron chi connectivity index (χ4n) is 2.20. The van der Waals surface area contributed by atoms with Crippen LogP contribution in [0.5, 0.6) is 0 Å². The first-order valence-electron chi connectivity index (χ1n) is 6.55. The summed E-state index contributed by atoms with van der Waals surface area (Å²) in [6, 6.07) is 12.6. The standard InChI is InChI=1S/C17H20ClN/c1-11-4-5-14(8-12(11)2)10-17(19)15-6-7-16(18)13(3)9-15/h4-9,17H,10,19H2,1-3H3. The van der Waals surface area contributed by atoms with Crippen molar-refractivity contribution in [2.75, 3.05) is 0 Å². The Hall–Kier alpha value is -1.31. The normalized spacial score (nSPS) is 12.5. The fourth-order valence-corrected chi connectivity index (χ4v) is 2.32. The molecule has 1 nitrogen and oxygen atoms in total. The minimum atomic E-state index is 0.0121. The zero-order chi connectivity index (χ0) is 14.0. The SMILES string of the molecule is Cc1ccc(CC(N)c2ccc(Cl)c(C)c2)cc1C. The third-order valence-electron chi connectivity index (χ3n) is 3.64. The maximum absolute atomic E-state index is 6.29. The van der Waals surface area contributed by atoms with Crippen LogP contribution in [0.25, 0.3) is 0 Å². The number of benzene rings is 2. The Bertz CT molecular complexity index is 590. The summed E-state index contributed by atoms with van der Waals surface area (Å²) in [5, 5.41) is 0.794. The Labute approximate surface area is 120 Å². The lowest BCUT2D eigenvalue weighted by atomic mass is 9.96. The Morgan fingerprint density at radius 1 is 0.947 bits per heavy atom. The third-order valence-corrected chi connectivity index (χ3v) is 4.06. The zero-order valence-corrected chi connectivity index (χ0v) is 12.5. The van der Waals surface area contributed by atoms with Crippen LogP contribution in [0.3, 0.4) is 0 Å². The summed E-state index contributed by atoms with van der Waals surface area (Å²) in [5.41, 5.74) is 12.4. The highest BCUT2D eigenvalue weighted by Gasteiger charge is 2.09. The molecule has 1 atom stereocenters. The van der Waals surface area contributed by atoms with Crippen molar-refractivity contribution >= 4 is 11.6 Å². The molecule has 1 unspecified atom stereocenters. The molecule has 0 bridgehead atoms. The summed E-state index contributed by atoms with van der Waals surface area (Å²) in [6.45, 7) is 6.27. The number of halogens is 1. The molecule has 0 amide bonds. The van der Waals surface area contributed by atoms with E-state index in [0.29, 0.717) is 0 Å². The van der Waals surface area contributed by atoms with Crippen molar-refractivity contribution in [2.45, 2.75) is 33.2 Å². The Morgan fingerprint density at radius 2 is 1.68 bits per heavy atom. The van der Waals surface area contributed by atoms with Gasteiger partial charge in [0.15, 0.2) is 0 Å². The van der Waals surface area contributed by atoms with Crippen molar-refractivity contribution in [3.63, 3.8) is 0 Å². The predicted octanol–water partition coefficient (Wildman–Crippen LogP) is 4.51. The van der Waals surface area contributed by atoms with Gasteiger partial charge in [-0.3, -0.25) is 0 Å². The molecule has 0 aliphatic carbocycles. The van der Waals surface area contributed by atoms with Gasteiger partial charge in [0.2, 0.25) is 0 Å². The fraction of sp³-hybridized carbons (Fsp3) is 0.294. The number of aryl methyl sites for hydroxylation is 3. The van der Waals surface area contributed by atoms with E-state index in [4.69, 9.17) is 17.3 Å². The van der Waals surface area contributed by atoms with E-state index in [0.717, 1.165) is 22.6 Å². The summed E-state index contributed by atoms with van der Waals surface area (Å²) in [7, 11) is 0. The monoisotopic (exact) mass is 273 g/mol. The lowest BCUT2D eigenvalue weighted by Crippen LogP contribution is -2.13. The molecule has 19 heavy (non-hydrogen) atoms. The van der Waals surface area contributed by atoms with E-state index in [-0.39, 0.29) is 6.04 Å². The number of rotatable bonds is 3. The summed E-state index contributed by atoms with van der Waals surface area (Å²) in [6.07, 6.45) is 0.849. The molecule has 2 aromatic rings. The third kappa shape index (κ3) is 3.37. The summed E-state index contributed by atoms with van der Waals surface area (Å²) in [4.78, 5) is 0. The second-order valence-corrected chi connectivity index (χ2v) is 5.65. The highest BCUT2D eigenvalue weighted by molar-refractivity contribution is 6.31. The van der Waals surface area contributed by atoms with E-state index >= 15 is 0 Å². The van der Waals surface area contributed by atoms with Gasteiger partial charge >= 0.3 is 0 Å². The van der Waals surface area contributed by atoms with Gasteiger partial charge in [-0.05, 0) is 61.1 Å². The van der Waals surface area contributed by atoms with Crippen LogP contribution in [-0.4, -0.2) is 0 Å². The molecule has 2 rings (SSSR count). The maximum atomic E-state index is 6.29. The summed E-state index contributed by atoms with van der Waals surface area (Å²) >= 11 is 6.04. The van der Waals surface area contributed by atoms with Gasteiger partial charge in [0.1, 0.15) is 0 Å². The molecule has 0 heterocycles. The minimum Gasteiger partial charge on any atom is -0.324 e. The molecule has 0 fully saturated rings. The molecule has 0 spiro atoms. The van der Waals surface area contributed by atoms with Crippen LogP contribution < -0.4 is 5.73 Å². The van der Waals surface area contributed by atoms with Crippen molar-refractivity contribution in [1.29, 1.82) is 0 Å². The van der Waals surface area contributed by atoms with Gasteiger partial charge in [0.25, 0.3) is 0 Å². The molecule has 0 aromatic heterocycles. The van der Waals surface area contributed by atoms with E-state index in [1.807, 2.05) is 19.1 Å². The highest BCUT2D eigenvalue weighted by atomic mass is 35.5. The molecule has 2 N–H and O–H groups in total. The van der Waals surface area contributed by atoms with Crippen molar-refractivity contribution < 1.29 is 0 Å². The van der Waals surface area contributed by atoms with Crippen LogP contribution in [0.1, 0.15) is 33.9 Å². The van der Waals surface area contributed by atoms with Crippen molar-refractivity contribution in [2.24, 2.45) is 5.73 Å². The second kappa shape index (κ2) is 5.77. The Balaban J connectivity index is 2.17. The van der Waals surface area contributed by atoms with Crippen LogP contribution in [0.4, 0.5) is 0 Å². The van der Waals surface area contributed by atoms with Crippen LogP contribution in [0.2, 0.25) is 5.02 Å². The van der Waals surface area contributed by atoms with Gasteiger partial charge < -0.3 is 5.73 Å².